The second-order valence-corrected chi connectivity index (χ2v) is 10.7. The Bertz CT molecular complexity index is 1580. The molecule has 1 N–H and O–H groups in total. The van der Waals surface area contributed by atoms with Crippen molar-refractivity contribution in [2.24, 2.45) is 13.0 Å². The minimum Gasteiger partial charge on any atom is -0.490 e. The molecule has 0 radical (unpaired) electrons. The maximum absolute atomic E-state index is 13.4. The fraction of sp³-hybridized carbons (Fsp3) is 0.379. The third-order valence-electron chi connectivity index (χ3n) is 7.02. The van der Waals surface area contributed by atoms with Crippen LogP contribution in [-0.4, -0.2) is 37.7 Å². The molecule has 3 atom stereocenters. The Kier molecular flexibility index (Phi) is 7.82. The molecule has 0 unspecified atom stereocenters. The lowest BCUT2D eigenvalue weighted by Crippen LogP contribution is -2.41. The Labute approximate surface area is 236 Å². The maximum atomic E-state index is 13.4. The number of rotatable bonds is 7. The van der Waals surface area contributed by atoms with E-state index >= 15 is 0 Å². The number of carbonyl (C=O) groups excluding carboxylic acids is 1. The van der Waals surface area contributed by atoms with Crippen molar-refractivity contribution in [1.29, 1.82) is 0 Å². The van der Waals surface area contributed by atoms with Gasteiger partial charge in [-0.1, -0.05) is 36.7 Å². The number of amides is 1. The fourth-order valence-corrected chi connectivity index (χ4v) is 5.02. The van der Waals surface area contributed by atoms with Crippen molar-refractivity contribution < 1.29 is 18.7 Å². The summed E-state index contributed by atoms with van der Waals surface area (Å²) in [6.45, 7) is 7.58. The van der Waals surface area contributed by atoms with Crippen LogP contribution in [0.4, 0.5) is 5.69 Å². The van der Waals surface area contributed by atoms with Crippen LogP contribution >= 0.6 is 11.6 Å². The summed E-state index contributed by atoms with van der Waals surface area (Å²) < 4.78 is 21.3. The number of halogens is 1. The molecule has 40 heavy (non-hydrogen) atoms. The van der Waals surface area contributed by atoms with Crippen molar-refractivity contribution in [2.75, 3.05) is 5.32 Å². The number of nitrogens with zero attached hydrogens (tertiary/aromatic N) is 4. The van der Waals surface area contributed by atoms with E-state index in [-0.39, 0.29) is 35.0 Å². The number of benzene rings is 2. The van der Waals surface area contributed by atoms with E-state index in [1.54, 1.807) is 36.9 Å². The normalized spacial score (nSPS) is 19.1. The van der Waals surface area contributed by atoms with Crippen LogP contribution in [0.5, 0.6) is 5.75 Å². The van der Waals surface area contributed by atoms with E-state index in [1.165, 1.54) is 4.68 Å². The standard InChI is InChI=1S/C29H32ClN5O5/c1-16(2)38-22-14-12-19(30)15-21(22)27-32-33-28(40-27)23-13-11-17(3)25(39-23)26(36)31-24-18(4)34(5)35(29(24)37)20-9-7-6-8-10-20/h6-10,12,14-17,23,25H,11,13H2,1-5H3,(H,31,36)/t17-,23+,25-/m0/s1. The van der Waals surface area contributed by atoms with Gasteiger partial charge in [0.2, 0.25) is 5.89 Å². The molecule has 1 aliphatic heterocycles. The van der Waals surface area contributed by atoms with Crippen molar-refractivity contribution >= 4 is 23.2 Å². The number of nitrogens with one attached hydrogen (secondary N) is 1. The van der Waals surface area contributed by atoms with Gasteiger partial charge < -0.3 is 19.2 Å². The van der Waals surface area contributed by atoms with E-state index in [9.17, 15) is 9.59 Å². The molecule has 1 amide bonds. The summed E-state index contributed by atoms with van der Waals surface area (Å²) in [5.41, 5.74) is 1.81. The summed E-state index contributed by atoms with van der Waals surface area (Å²) in [5.74, 6) is 0.600. The third-order valence-corrected chi connectivity index (χ3v) is 7.26. The van der Waals surface area contributed by atoms with E-state index in [0.29, 0.717) is 40.6 Å². The Morgan fingerprint density at radius 1 is 1.15 bits per heavy atom. The first-order valence-electron chi connectivity index (χ1n) is 13.2. The summed E-state index contributed by atoms with van der Waals surface area (Å²) in [6, 6.07) is 14.5. The third kappa shape index (κ3) is 5.41. The molecule has 210 valence electrons. The molecule has 4 aromatic rings. The number of hydrogen-bond donors (Lipinski definition) is 1. The van der Waals surface area contributed by atoms with Crippen LogP contribution in [0.25, 0.3) is 17.1 Å². The van der Waals surface area contributed by atoms with Crippen molar-refractivity contribution in [3.8, 4) is 22.9 Å². The summed E-state index contributed by atoms with van der Waals surface area (Å²) >= 11 is 6.22. The van der Waals surface area contributed by atoms with Gasteiger partial charge in [-0.25, -0.2) is 4.68 Å². The summed E-state index contributed by atoms with van der Waals surface area (Å²) in [7, 11) is 1.78. The average molecular weight is 566 g/mol. The second-order valence-electron chi connectivity index (χ2n) is 10.3. The highest BCUT2D eigenvalue weighted by atomic mass is 35.5. The largest absolute Gasteiger partial charge is 0.490 e. The van der Waals surface area contributed by atoms with E-state index < -0.39 is 18.1 Å². The Balaban J connectivity index is 1.36. The number of aromatic nitrogens is 4. The maximum Gasteiger partial charge on any atom is 0.295 e. The molecule has 0 bridgehead atoms. The first kappa shape index (κ1) is 27.7. The van der Waals surface area contributed by atoms with E-state index in [0.717, 1.165) is 0 Å². The number of carbonyl (C=O) groups is 1. The molecule has 0 saturated carbocycles. The van der Waals surface area contributed by atoms with Crippen LogP contribution in [0.1, 0.15) is 51.3 Å². The lowest BCUT2D eigenvalue weighted by atomic mass is 9.92. The van der Waals surface area contributed by atoms with Gasteiger partial charge in [0.25, 0.3) is 17.4 Å². The predicted molar refractivity (Wildman–Crippen MR) is 151 cm³/mol. The molecular formula is C29H32ClN5O5. The van der Waals surface area contributed by atoms with Gasteiger partial charge in [0.1, 0.15) is 23.6 Å². The van der Waals surface area contributed by atoms with Gasteiger partial charge in [-0.2, -0.15) is 0 Å². The molecular weight excluding hydrogens is 534 g/mol. The monoisotopic (exact) mass is 565 g/mol. The van der Waals surface area contributed by atoms with Crippen LogP contribution < -0.4 is 15.6 Å². The van der Waals surface area contributed by atoms with Crippen molar-refractivity contribution in [1.82, 2.24) is 19.6 Å². The van der Waals surface area contributed by atoms with Gasteiger partial charge in [0, 0.05) is 12.1 Å². The lowest BCUT2D eigenvalue weighted by molar-refractivity contribution is -0.145. The molecule has 1 aliphatic rings. The van der Waals surface area contributed by atoms with Gasteiger partial charge in [-0.3, -0.25) is 14.3 Å². The van der Waals surface area contributed by atoms with Gasteiger partial charge in [-0.05, 0) is 69.9 Å². The van der Waals surface area contributed by atoms with Crippen molar-refractivity contribution in [3.05, 3.63) is 75.5 Å². The average Bonchev–Trinajstić information content (AvgIpc) is 3.50. The highest BCUT2D eigenvalue weighted by Crippen LogP contribution is 2.37. The van der Waals surface area contributed by atoms with Gasteiger partial charge in [0.05, 0.1) is 23.0 Å². The summed E-state index contributed by atoms with van der Waals surface area (Å²) in [5, 5.41) is 11.8. The first-order valence-corrected chi connectivity index (χ1v) is 13.6. The zero-order valence-corrected chi connectivity index (χ0v) is 23.8. The zero-order chi connectivity index (χ0) is 28.6. The quantitative estimate of drug-likeness (QED) is 0.316. The smallest absolute Gasteiger partial charge is 0.295 e. The van der Waals surface area contributed by atoms with Crippen LogP contribution in [0.15, 0.2) is 57.7 Å². The van der Waals surface area contributed by atoms with E-state index in [4.69, 9.17) is 25.5 Å². The van der Waals surface area contributed by atoms with Crippen LogP contribution in [0.3, 0.4) is 0 Å². The van der Waals surface area contributed by atoms with E-state index in [1.807, 2.05) is 51.1 Å². The highest BCUT2D eigenvalue weighted by molar-refractivity contribution is 6.30. The molecule has 1 fully saturated rings. The Morgan fingerprint density at radius 3 is 2.62 bits per heavy atom. The Morgan fingerprint density at radius 2 is 1.90 bits per heavy atom. The summed E-state index contributed by atoms with van der Waals surface area (Å²) in [4.78, 5) is 26.7. The molecule has 2 aromatic heterocycles. The highest BCUT2D eigenvalue weighted by Gasteiger charge is 2.37. The second kappa shape index (κ2) is 11.3. The van der Waals surface area contributed by atoms with Crippen molar-refractivity contribution in [2.45, 2.75) is 58.8 Å². The molecule has 1 saturated heterocycles. The molecule has 3 heterocycles. The molecule has 2 aromatic carbocycles. The molecule has 10 nitrogen and oxygen atoms in total. The molecule has 5 rings (SSSR count). The molecule has 0 aliphatic carbocycles. The minimum absolute atomic E-state index is 0.0604. The lowest BCUT2D eigenvalue weighted by Gasteiger charge is -2.32. The number of ether oxygens (including phenoxy) is 2. The molecule has 0 spiro atoms. The van der Waals surface area contributed by atoms with Crippen molar-refractivity contribution in [3.63, 3.8) is 0 Å². The first-order chi connectivity index (χ1) is 19.1. The predicted octanol–water partition coefficient (Wildman–Crippen LogP) is 5.47. The minimum atomic E-state index is -0.815. The van der Waals surface area contributed by atoms with Gasteiger partial charge in [-0.15, -0.1) is 10.2 Å². The van der Waals surface area contributed by atoms with Crippen LogP contribution in [-0.2, 0) is 16.6 Å². The number of hydrogen-bond acceptors (Lipinski definition) is 7. The number of para-hydroxylation sites is 1. The fourth-order valence-electron chi connectivity index (χ4n) is 4.85. The number of anilines is 1. The Hall–Kier alpha value is -3.89. The SMILES string of the molecule is Cc1c(NC(=O)[C@H]2O[C@@H](c3nnc(-c4cc(Cl)ccc4OC(C)C)o3)CC[C@@H]2C)c(=O)n(-c2ccccc2)n1C. The van der Waals surface area contributed by atoms with Gasteiger partial charge in [0.15, 0.2) is 0 Å². The van der Waals surface area contributed by atoms with E-state index in [2.05, 4.69) is 15.5 Å². The topological polar surface area (TPSA) is 113 Å². The van der Waals surface area contributed by atoms with Crippen LogP contribution in [0.2, 0.25) is 5.02 Å². The molecule has 11 heteroatoms. The van der Waals surface area contributed by atoms with Crippen LogP contribution in [0, 0.1) is 12.8 Å². The van der Waals surface area contributed by atoms with Gasteiger partial charge >= 0.3 is 0 Å². The zero-order valence-electron chi connectivity index (χ0n) is 23.1. The summed E-state index contributed by atoms with van der Waals surface area (Å²) in [6.07, 6.45) is -0.164.